The molecule has 1 spiro atoms. The summed E-state index contributed by atoms with van der Waals surface area (Å²) in [5.41, 5.74) is 0.745. The van der Waals surface area contributed by atoms with Crippen LogP contribution in [0.5, 0.6) is 0 Å². The number of aromatic nitrogens is 3. The molecular weight excluding hydrogens is 304 g/mol. The molecule has 4 rings (SSSR count). The van der Waals surface area contributed by atoms with Crippen molar-refractivity contribution in [3.05, 3.63) is 18.6 Å². The molecule has 0 saturated carbocycles. The molecule has 2 N–H and O–H groups in total. The summed E-state index contributed by atoms with van der Waals surface area (Å²) in [6.45, 7) is 2.57. The van der Waals surface area contributed by atoms with E-state index >= 15 is 0 Å². The molecule has 1 amide bonds. The number of nitrogens with zero attached hydrogens (tertiary/aromatic N) is 4. The highest BCUT2D eigenvalue weighted by molar-refractivity contribution is 5.90. The van der Waals surface area contributed by atoms with Crippen LogP contribution in [0.25, 0.3) is 11.0 Å². The second-order valence-electron chi connectivity index (χ2n) is 6.74. The number of nitrogens with one attached hydrogen (secondary N) is 2. The van der Waals surface area contributed by atoms with Crippen LogP contribution in [0.3, 0.4) is 0 Å². The fourth-order valence-corrected chi connectivity index (χ4v) is 4.35. The molecule has 24 heavy (non-hydrogen) atoms. The Hall–Kier alpha value is -2.44. The third-order valence-corrected chi connectivity index (χ3v) is 5.36. The summed E-state index contributed by atoms with van der Waals surface area (Å²) in [5.74, 6) is 1.03. The molecule has 0 bridgehead atoms. The van der Waals surface area contributed by atoms with Crippen LogP contribution in [0.2, 0.25) is 0 Å². The Kier molecular flexibility index (Phi) is 3.70. The number of H-pyrrole nitrogens is 1. The van der Waals surface area contributed by atoms with Gasteiger partial charge in [-0.25, -0.2) is 9.97 Å². The lowest BCUT2D eigenvalue weighted by Gasteiger charge is -2.46. The number of piperidine rings is 1. The number of likely N-dealkylation sites (tertiary alicyclic amines) is 1. The minimum Gasteiger partial charge on any atom is -0.354 e. The van der Waals surface area contributed by atoms with Crippen LogP contribution in [-0.4, -0.2) is 57.1 Å². The minimum absolute atomic E-state index is 0.0822. The molecule has 7 heteroatoms. The van der Waals surface area contributed by atoms with E-state index in [0.717, 1.165) is 62.2 Å². The number of carbonyl (C=O) groups is 1. The predicted octanol–water partition coefficient (Wildman–Crippen LogP) is 1.96. The van der Waals surface area contributed by atoms with Gasteiger partial charge in [0.15, 0.2) is 0 Å². The fraction of sp³-hybridized carbons (Fsp3) is 0.529. The molecule has 0 radical (unpaired) electrons. The van der Waals surface area contributed by atoms with E-state index in [1.807, 2.05) is 17.2 Å². The van der Waals surface area contributed by atoms with Gasteiger partial charge in [-0.05, 0) is 31.7 Å². The molecule has 2 saturated heterocycles. The largest absolute Gasteiger partial charge is 0.354 e. The monoisotopic (exact) mass is 326 g/mol. The molecule has 0 aliphatic carbocycles. The zero-order valence-electron chi connectivity index (χ0n) is 13.7. The van der Waals surface area contributed by atoms with Gasteiger partial charge in [0, 0.05) is 32.0 Å². The smallest absolute Gasteiger partial charge is 0.228 e. The van der Waals surface area contributed by atoms with Crippen LogP contribution < -0.4 is 4.90 Å². The fourth-order valence-electron chi connectivity index (χ4n) is 4.35. The Morgan fingerprint density at radius 2 is 2.17 bits per heavy atom. The van der Waals surface area contributed by atoms with E-state index in [4.69, 9.17) is 5.41 Å². The molecule has 2 fully saturated rings. The lowest BCUT2D eigenvalue weighted by atomic mass is 9.86. The van der Waals surface area contributed by atoms with Gasteiger partial charge in [0.2, 0.25) is 5.91 Å². The van der Waals surface area contributed by atoms with Gasteiger partial charge in [0.1, 0.15) is 17.8 Å². The number of aromatic amines is 1. The summed E-state index contributed by atoms with van der Waals surface area (Å²) in [6.07, 6.45) is 9.06. The number of hydrogen-bond donors (Lipinski definition) is 2. The van der Waals surface area contributed by atoms with Crippen molar-refractivity contribution < 1.29 is 4.79 Å². The van der Waals surface area contributed by atoms with Crippen LogP contribution in [0.1, 0.15) is 32.1 Å². The van der Waals surface area contributed by atoms with E-state index in [1.54, 1.807) is 6.33 Å². The number of amides is 1. The molecule has 4 heterocycles. The summed E-state index contributed by atoms with van der Waals surface area (Å²) in [6, 6.07) is 2.01. The molecule has 126 valence electrons. The average Bonchev–Trinajstić information content (AvgIpc) is 3.22. The highest BCUT2D eigenvalue weighted by Gasteiger charge is 2.46. The maximum absolute atomic E-state index is 12.5. The summed E-state index contributed by atoms with van der Waals surface area (Å²) in [5, 5.41) is 8.28. The van der Waals surface area contributed by atoms with Gasteiger partial charge in [0.05, 0.1) is 17.3 Å². The second-order valence-corrected chi connectivity index (χ2v) is 6.74. The first-order chi connectivity index (χ1) is 11.7. The van der Waals surface area contributed by atoms with E-state index in [1.165, 1.54) is 6.21 Å². The van der Waals surface area contributed by atoms with Gasteiger partial charge in [-0.1, -0.05) is 0 Å². The molecule has 2 aliphatic rings. The lowest BCUT2D eigenvalue weighted by molar-refractivity contribution is -0.134. The Labute approximate surface area is 140 Å². The van der Waals surface area contributed by atoms with Crippen molar-refractivity contribution in [1.82, 2.24) is 19.9 Å². The van der Waals surface area contributed by atoms with Gasteiger partial charge < -0.3 is 20.2 Å². The van der Waals surface area contributed by atoms with Crippen LogP contribution in [0.4, 0.5) is 5.82 Å². The first-order valence-electron chi connectivity index (χ1n) is 8.56. The van der Waals surface area contributed by atoms with Crippen molar-refractivity contribution in [2.75, 3.05) is 24.5 Å². The molecule has 2 aliphatic heterocycles. The summed E-state index contributed by atoms with van der Waals surface area (Å²) >= 11 is 0. The molecule has 7 nitrogen and oxygen atoms in total. The number of rotatable bonds is 3. The lowest BCUT2D eigenvalue weighted by Crippen LogP contribution is -2.57. The standard InChI is InChI=1S/C17H22N6O/c18-7-3-14(24)23-10-2-6-17(23)5-1-9-22(11-17)16-13-4-8-19-15(13)20-12-21-16/h4,7-8,12,18H,1-3,5-6,9-11H2,(H,19,20,21). The average molecular weight is 326 g/mol. The van der Waals surface area contributed by atoms with Crippen LogP contribution in [-0.2, 0) is 4.79 Å². The zero-order valence-corrected chi connectivity index (χ0v) is 13.7. The van der Waals surface area contributed by atoms with Gasteiger partial charge >= 0.3 is 0 Å². The third kappa shape index (κ3) is 2.35. The van der Waals surface area contributed by atoms with Gasteiger partial charge in [0.25, 0.3) is 0 Å². The Balaban J connectivity index is 1.65. The van der Waals surface area contributed by atoms with Crippen molar-refractivity contribution in [2.45, 2.75) is 37.6 Å². The quantitative estimate of drug-likeness (QED) is 0.844. The molecule has 2 aromatic rings. The maximum Gasteiger partial charge on any atom is 0.228 e. The SMILES string of the molecule is N=CCC(=O)N1CCCC12CCCN(c1ncnc3[nH]ccc13)C2. The van der Waals surface area contributed by atoms with Gasteiger partial charge in [-0.2, -0.15) is 0 Å². The predicted molar refractivity (Wildman–Crippen MR) is 92.4 cm³/mol. The highest BCUT2D eigenvalue weighted by atomic mass is 16.2. The zero-order chi connectivity index (χ0) is 16.6. The number of anilines is 1. The Morgan fingerprint density at radius 3 is 3.00 bits per heavy atom. The Morgan fingerprint density at radius 1 is 1.33 bits per heavy atom. The van der Waals surface area contributed by atoms with E-state index in [-0.39, 0.29) is 17.9 Å². The van der Waals surface area contributed by atoms with Gasteiger partial charge in [-0.3, -0.25) is 4.79 Å². The number of fused-ring (bicyclic) bond motifs is 1. The molecule has 0 aromatic carbocycles. The van der Waals surface area contributed by atoms with E-state index in [0.29, 0.717) is 0 Å². The third-order valence-electron chi connectivity index (χ3n) is 5.36. The first-order valence-corrected chi connectivity index (χ1v) is 8.56. The molecule has 1 atom stereocenters. The van der Waals surface area contributed by atoms with E-state index < -0.39 is 0 Å². The van der Waals surface area contributed by atoms with E-state index in [9.17, 15) is 4.79 Å². The van der Waals surface area contributed by atoms with Crippen LogP contribution >= 0.6 is 0 Å². The minimum atomic E-state index is -0.105. The van der Waals surface area contributed by atoms with Crippen molar-refractivity contribution in [2.24, 2.45) is 0 Å². The van der Waals surface area contributed by atoms with Crippen molar-refractivity contribution in [1.29, 1.82) is 5.41 Å². The van der Waals surface area contributed by atoms with Crippen LogP contribution in [0, 0.1) is 5.41 Å². The number of hydrogen-bond acceptors (Lipinski definition) is 5. The molecular formula is C17H22N6O. The van der Waals surface area contributed by atoms with E-state index in [2.05, 4.69) is 19.9 Å². The van der Waals surface area contributed by atoms with Crippen molar-refractivity contribution in [3.63, 3.8) is 0 Å². The second kappa shape index (κ2) is 5.89. The first kappa shape index (κ1) is 15.1. The van der Waals surface area contributed by atoms with Gasteiger partial charge in [-0.15, -0.1) is 0 Å². The van der Waals surface area contributed by atoms with Crippen molar-refractivity contribution in [3.8, 4) is 0 Å². The highest BCUT2D eigenvalue weighted by Crippen LogP contribution is 2.39. The summed E-state index contributed by atoms with van der Waals surface area (Å²) in [7, 11) is 0. The summed E-state index contributed by atoms with van der Waals surface area (Å²) < 4.78 is 0. The number of carbonyl (C=O) groups excluding carboxylic acids is 1. The maximum atomic E-state index is 12.5. The molecule has 2 aromatic heterocycles. The van der Waals surface area contributed by atoms with Crippen molar-refractivity contribution >= 4 is 29.0 Å². The normalized spacial score (nSPS) is 24.0. The molecule has 1 unspecified atom stereocenters. The topological polar surface area (TPSA) is 89.0 Å². The van der Waals surface area contributed by atoms with Crippen LogP contribution in [0.15, 0.2) is 18.6 Å². The Bertz CT molecular complexity index is 771. The summed E-state index contributed by atoms with van der Waals surface area (Å²) in [4.78, 5) is 28.7.